The van der Waals surface area contributed by atoms with Gasteiger partial charge in [0, 0.05) is 16.5 Å². The maximum Gasteiger partial charge on any atom is 0.433 e. The van der Waals surface area contributed by atoms with Gasteiger partial charge < -0.3 is 9.73 Å². The topological polar surface area (TPSA) is 68.2 Å². The highest BCUT2D eigenvalue weighted by Gasteiger charge is 2.34. The van der Waals surface area contributed by atoms with Crippen LogP contribution >= 0.6 is 11.6 Å². The van der Waals surface area contributed by atoms with Gasteiger partial charge in [-0.1, -0.05) is 11.6 Å². The van der Waals surface area contributed by atoms with E-state index < -0.39 is 17.9 Å². The summed E-state index contributed by atoms with van der Waals surface area (Å²) in [5, 5.41) is 8.25. The molecule has 0 bridgehead atoms. The Hall–Kier alpha value is -2.81. The van der Waals surface area contributed by atoms with E-state index in [1.54, 1.807) is 31.2 Å². The van der Waals surface area contributed by atoms with Gasteiger partial charge in [0.1, 0.15) is 23.5 Å². The van der Waals surface area contributed by atoms with E-state index in [0.29, 0.717) is 16.4 Å². The average Bonchev–Trinajstić information content (AvgIpc) is 3.19. The predicted octanol–water partition coefficient (Wildman–Crippen LogP) is 4.72. The van der Waals surface area contributed by atoms with Crippen LogP contribution in [0.1, 0.15) is 24.4 Å². The van der Waals surface area contributed by atoms with Crippen LogP contribution in [0.4, 0.5) is 19.0 Å². The van der Waals surface area contributed by atoms with E-state index in [1.165, 1.54) is 4.52 Å². The smallest absolute Gasteiger partial charge is 0.433 e. The first-order valence-corrected chi connectivity index (χ1v) is 7.92. The van der Waals surface area contributed by atoms with Gasteiger partial charge in [-0.25, -0.2) is 4.98 Å². The second-order valence-electron chi connectivity index (χ2n) is 5.69. The Morgan fingerprint density at radius 1 is 1.23 bits per heavy atom. The highest BCUT2D eigenvalue weighted by atomic mass is 35.5. The summed E-state index contributed by atoms with van der Waals surface area (Å²) >= 11 is 5.96. The number of hydrogen-bond donors (Lipinski definition) is 1. The van der Waals surface area contributed by atoms with Crippen LogP contribution in [0.15, 0.2) is 41.1 Å². The number of halogens is 4. The highest BCUT2D eigenvalue weighted by Crippen LogP contribution is 2.32. The third kappa shape index (κ3) is 2.94. The van der Waals surface area contributed by atoms with Gasteiger partial charge in [-0.3, -0.25) is 0 Å². The molecular weight excluding hydrogens is 371 g/mol. The number of hydrogen-bond acceptors (Lipinski definition) is 5. The van der Waals surface area contributed by atoms with Crippen LogP contribution in [0.3, 0.4) is 0 Å². The van der Waals surface area contributed by atoms with Gasteiger partial charge in [0.15, 0.2) is 5.69 Å². The number of alkyl halides is 3. The molecule has 1 unspecified atom stereocenters. The predicted molar refractivity (Wildman–Crippen MR) is 89.0 cm³/mol. The minimum atomic E-state index is -4.59. The number of furan rings is 1. The van der Waals surface area contributed by atoms with Crippen molar-refractivity contribution in [2.75, 3.05) is 5.32 Å². The summed E-state index contributed by atoms with van der Waals surface area (Å²) in [6.45, 7) is 1.76. The van der Waals surface area contributed by atoms with Crippen LogP contribution < -0.4 is 5.32 Å². The third-order valence-corrected chi connectivity index (χ3v) is 4.07. The van der Waals surface area contributed by atoms with Crippen molar-refractivity contribution < 1.29 is 17.6 Å². The summed E-state index contributed by atoms with van der Waals surface area (Å²) in [7, 11) is 0. The fraction of sp³-hybridized carbons (Fsp3) is 0.188. The molecule has 4 rings (SSSR count). The fourth-order valence-electron chi connectivity index (χ4n) is 2.60. The van der Waals surface area contributed by atoms with Gasteiger partial charge in [-0.05, 0) is 31.2 Å². The molecule has 0 aliphatic rings. The molecular formula is C16H11ClF3N5O. The molecule has 0 saturated heterocycles. The van der Waals surface area contributed by atoms with E-state index in [1.807, 2.05) is 0 Å². The summed E-state index contributed by atoms with van der Waals surface area (Å²) in [6.07, 6.45) is -3.45. The summed E-state index contributed by atoms with van der Waals surface area (Å²) in [5.74, 6) is 0.498. The lowest BCUT2D eigenvalue weighted by atomic mass is 10.2. The van der Waals surface area contributed by atoms with Crippen LogP contribution in [0.5, 0.6) is 0 Å². The minimum absolute atomic E-state index is 0.103. The Morgan fingerprint density at radius 3 is 2.81 bits per heavy atom. The number of aromatic nitrogens is 4. The van der Waals surface area contributed by atoms with E-state index in [2.05, 4.69) is 20.4 Å². The largest absolute Gasteiger partial charge is 0.459 e. The zero-order valence-corrected chi connectivity index (χ0v) is 14.0. The molecule has 1 N–H and O–H groups in total. The summed E-state index contributed by atoms with van der Waals surface area (Å²) in [4.78, 5) is 7.22. The van der Waals surface area contributed by atoms with Gasteiger partial charge in [0.2, 0.25) is 0 Å². The van der Waals surface area contributed by atoms with E-state index in [9.17, 15) is 13.2 Å². The number of rotatable bonds is 3. The normalized spacial score (nSPS) is 13.4. The van der Waals surface area contributed by atoms with Crippen molar-refractivity contribution in [2.45, 2.75) is 19.1 Å². The van der Waals surface area contributed by atoms with Crippen molar-refractivity contribution in [2.24, 2.45) is 0 Å². The molecule has 0 aliphatic carbocycles. The molecule has 4 aromatic rings. The Labute approximate surface area is 149 Å². The SMILES string of the molecule is CC(Nc1cc(C(F)(F)F)nc2ncnn12)c1cc2cc(Cl)ccc2o1. The summed E-state index contributed by atoms with van der Waals surface area (Å²) < 4.78 is 46.1. The van der Waals surface area contributed by atoms with Crippen molar-refractivity contribution in [3.63, 3.8) is 0 Å². The Kier molecular flexibility index (Phi) is 3.76. The van der Waals surface area contributed by atoms with Gasteiger partial charge >= 0.3 is 6.18 Å². The Bertz CT molecular complexity index is 1100. The maximum atomic E-state index is 13.1. The second-order valence-corrected chi connectivity index (χ2v) is 6.13. The quantitative estimate of drug-likeness (QED) is 0.556. The fourth-order valence-corrected chi connectivity index (χ4v) is 2.78. The minimum Gasteiger partial charge on any atom is -0.459 e. The van der Waals surface area contributed by atoms with Crippen LogP contribution in [0.25, 0.3) is 16.7 Å². The maximum absolute atomic E-state index is 13.1. The molecule has 3 heterocycles. The van der Waals surface area contributed by atoms with E-state index in [-0.39, 0.29) is 11.6 Å². The first-order valence-electron chi connectivity index (χ1n) is 7.55. The average molecular weight is 382 g/mol. The number of nitrogens with zero attached hydrogens (tertiary/aromatic N) is 4. The molecule has 134 valence electrons. The molecule has 1 atom stereocenters. The van der Waals surface area contributed by atoms with Gasteiger partial charge in [-0.2, -0.15) is 27.8 Å². The first kappa shape index (κ1) is 16.6. The molecule has 1 aromatic carbocycles. The first-order chi connectivity index (χ1) is 12.3. The molecule has 0 saturated carbocycles. The summed E-state index contributed by atoms with van der Waals surface area (Å²) in [5.41, 5.74) is -0.418. The second kappa shape index (κ2) is 5.87. The zero-order chi connectivity index (χ0) is 18.5. The van der Waals surface area contributed by atoms with Crippen molar-refractivity contribution in [3.05, 3.63) is 53.1 Å². The van der Waals surface area contributed by atoms with Gasteiger partial charge in [0.05, 0.1) is 6.04 Å². The molecule has 3 aromatic heterocycles. The van der Waals surface area contributed by atoms with E-state index in [4.69, 9.17) is 16.0 Å². The lowest BCUT2D eigenvalue weighted by Gasteiger charge is -2.15. The standard InChI is InChI=1S/C16H11ClF3N5O/c1-8(12-5-9-4-10(17)2-3-11(9)26-12)23-14-6-13(16(18,19)20)24-15-21-7-22-25(14)15/h2-8,23H,1H3. The molecule has 0 spiro atoms. The lowest BCUT2D eigenvalue weighted by Crippen LogP contribution is -2.15. The molecule has 0 radical (unpaired) electrons. The van der Waals surface area contributed by atoms with Crippen LogP contribution in [0, 0.1) is 0 Å². The molecule has 10 heteroatoms. The van der Waals surface area contributed by atoms with Crippen molar-refractivity contribution in [1.82, 2.24) is 19.6 Å². The monoisotopic (exact) mass is 381 g/mol. The van der Waals surface area contributed by atoms with Crippen molar-refractivity contribution in [1.29, 1.82) is 0 Å². The number of benzene rings is 1. The lowest BCUT2D eigenvalue weighted by molar-refractivity contribution is -0.141. The summed E-state index contributed by atoms with van der Waals surface area (Å²) in [6, 6.07) is 7.42. The van der Waals surface area contributed by atoms with E-state index in [0.717, 1.165) is 17.8 Å². The number of nitrogens with one attached hydrogen (secondary N) is 1. The molecule has 0 amide bonds. The Morgan fingerprint density at radius 2 is 2.04 bits per heavy atom. The molecule has 26 heavy (non-hydrogen) atoms. The molecule has 0 aliphatic heterocycles. The number of anilines is 1. The van der Waals surface area contributed by atoms with Crippen molar-refractivity contribution >= 4 is 34.2 Å². The van der Waals surface area contributed by atoms with Crippen LogP contribution in [0.2, 0.25) is 5.02 Å². The van der Waals surface area contributed by atoms with Crippen molar-refractivity contribution in [3.8, 4) is 0 Å². The third-order valence-electron chi connectivity index (χ3n) is 3.83. The molecule has 6 nitrogen and oxygen atoms in total. The number of fused-ring (bicyclic) bond motifs is 2. The van der Waals surface area contributed by atoms with E-state index >= 15 is 0 Å². The van der Waals surface area contributed by atoms with Crippen LogP contribution in [-0.4, -0.2) is 19.6 Å². The van der Waals surface area contributed by atoms with Gasteiger partial charge in [-0.15, -0.1) is 0 Å². The van der Waals surface area contributed by atoms with Gasteiger partial charge in [0.25, 0.3) is 5.78 Å². The van der Waals surface area contributed by atoms with Crippen LogP contribution in [-0.2, 0) is 6.18 Å². The Balaban J connectivity index is 1.72. The molecule has 0 fully saturated rings. The highest BCUT2D eigenvalue weighted by molar-refractivity contribution is 6.31. The zero-order valence-electron chi connectivity index (χ0n) is 13.3.